The first-order valence-electron chi connectivity index (χ1n) is 10.6. The molecule has 0 spiro atoms. The highest BCUT2D eigenvalue weighted by molar-refractivity contribution is 7.10. The highest BCUT2D eigenvalue weighted by Gasteiger charge is 2.33. The molecule has 0 bridgehead atoms. The number of nitrogens with zero attached hydrogens (tertiary/aromatic N) is 2. The van der Waals surface area contributed by atoms with E-state index < -0.39 is 0 Å². The van der Waals surface area contributed by atoms with Gasteiger partial charge in [0.15, 0.2) is 0 Å². The molecule has 1 saturated heterocycles. The number of halogens is 1. The van der Waals surface area contributed by atoms with Crippen molar-refractivity contribution in [3.63, 3.8) is 0 Å². The second-order valence-corrected chi connectivity index (χ2v) is 8.96. The number of benzene rings is 1. The van der Waals surface area contributed by atoms with Crippen LogP contribution in [0.25, 0.3) is 0 Å². The van der Waals surface area contributed by atoms with Gasteiger partial charge in [-0.25, -0.2) is 4.39 Å². The van der Waals surface area contributed by atoms with E-state index >= 15 is 0 Å². The minimum absolute atomic E-state index is 0.00589. The summed E-state index contributed by atoms with van der Waals surface area (Å²) < 4.78 is 25.0. The maximum absolute atomic E-state index is 13.5. The monoisotopic (exact) mass is 446 g/mol. The van der Waals surface area contributed by atoms with Crippen molar-refractivity contribution < 1.29 is 23.5 Å². The Hall–Kier alpha value is -2.45. The molecule has 166 valence electrons. The first-order valence-corrected chi connectivity index (χ1v) is 11.5. The van der Waals surface area contributed by atoms with Crippen LogP contribution in [0.2, 0.25) is 0 Å². The van der Waals surface area contributed by atoms with Gasteiger partial charge < -0.3 is 19.3 Å². The van der Waals surface area contributed by atoms with Gasteiger partial charge in [-0.15, -0.1) is 11.3 Å². The molecule has 4 rings (SSSR count). The second-order valence-electron chi connectivity index (χ2n) is 7.95. The molecule has 3 heterocycles. The lowest BCUT2D eigenvalue weighted by atomic mass is 10.0. The number of hydrogen-bond donors (Lipinski definition) is 0. The van der Waals surface area contributed by atoms with E-state index in [1.54, 1.807) is 33.3 Å². The molecule has 0 radical (unpaired) electrons. The summed E-state index contributed by atoms with van der Waals surface area (Å²) in [6.07, 6.45) is 2.66. The van der Waals surface area contributed by atoms with Crippen molar-refractivity contribution in [3.8, 4) is 5.75 Å². The smallest absolute Gasteiger partial charge is 0.242 e. The average Bonchev–Trinajstić information content (AvgIpc) is 3.43. The topological polar surface area (TPSA) is 59.1 Å². The standard InChI is InChI=1S/C23H27FN2O4S/c1-16(27)25(13-19-6-3-10-29-19)14-23(28)26-9-7-22-20(8-11-31-22)21(26)15-30-18-5-2-4-17(24)12-18/h2,4-5,8,11-12,19,21H,3,6-7,9-10,13-15H2,1H3/t19-,21-/m1/s1. The van der Waals surface area contributed by atoms with Crippen molar-refractivity contribution in [2.75, 3.05) is 32.8 Å². The molecule has 0 aliphatic carbocycles. The second kappa shape index (κ2) is 9.78. The Morgan fingerprint density at radius 3 is 2.97 bits per heavy atom. The van der Waals surface area contributed by atoms with Gasteiger partial charge in [-0.05, 0) is 48.4 Å². The average molecular weight is 447 g/mol. The van der Waals surface area contributed by atoms with Gasteiger partial charge in [-0.2, -0.15) is 0 Å². The number of ether oxygens (including phenoxy) is 2. The number of rotatable bonds is 7. The van der Waals surface area contributed by atoms with Crippen LogP contribution in [0.5, 0.6) is 5.75 Å². The third-order valence-electron chi connectivity index (χ3n) is 5.84. The molecule has 1 aromatic heterocycles. The predicted octanol–water partition coefficient (Wildman–Crippen LogP) is 3.42. The molecule has 2 amide bonds. The third kappa shape index (κ3) is 5.25. The van der Waals surface area contributed by atoms with Gasteiger partial charge in [0.05, 0.1) is 18.7 Å². The van der Waals surface area contributed by atoms with E-state index in [2.05, 4.69) is 0 Å². The third-order valence-corrected chi connectivity index (χ3v) is 6.84. The summed E-state index contributed by atoms with van der Waals surface area (Å²) >= 11 is 1.67. The highest BCUT2D eigenvalue weighted by atomic mass is 32.1. The normalized spacial score (nSPS) is 20.4. The molecule has 1 fully saturated rings. The largest absolute Gasteiger partial charge is 0.491 e. The van der Waals surface area contributed by atoms with Crippen molar-refractivity contribution in [1.82, 2.24) is 9.80 Å². The van der Waals surface area contributed by atoms with Crippen molar-refractivity contribution in [2.24, 2.45) is 0 Å². The van der Waals surface area contributed by atoms with Gasteiger partial charge in [-0.1, -0.05) is 6.07 Å². The highest BCUT2D eigenvalue weighted by Crippen LogP contribution is 2.34. The van der Waals surface area contributed by atoms with Crippen LogP contribution in [-0.2, 0) is 20.7 Å². The molecular weight excluding hydrogens is 419 g/mol. The maximum Gasteiger partial charge on any atom is 0.242 e. The van der Waals surface area contributed by atoms with Crippen molar-refractivity contribution in [2.45, 2.75) is 38.3 Å². The fourth-order valence-corrected chi connectivity index (χ4v) is 5.13. The molecule has 31 heavy (non-hydrogen) atoms. The lowest BCUT2D eigenvalue weighted by Gasteiger charge is -2.37. The number of amides is 2. The Balaban J connectivity index is 1.47. The minimum Gasteiger partial charge on any atom is -0.491 e. The van der Waals surface area contributed by atoms with E-state index in [0.29, 0.717) is 25.4 Å². The van der Waals surface area contributed by atoms with Crippen molar-refractivity contribution in [3.05, 3.63) is 52.0 Å². The Morgan fingerprint density at radius 1 is 1.35 bits per heavy atom. The molecule has 0 N–H and O–H groups in total. The Kier molecular flexibility index (Phi) is 6.87. The number of carbonyl (C=O) groups excluding carboxylic acids is 2. The molecule has 0 unspecified atom stereocenters. The summed E-state index contributed by atoms with van der Waals surface area (Å²) in [5, 5.41) is 2.02. The lowest BCUT2D eigenvalue weighted by Crippen LogP contribution is -2.48. The van der Waals surface area contributed by atoms with E-state index in [1.165, 1.54) is 23.9 Å². The van der Waals surface area contributed by atoms with Crippen molar-refractivity contribution >= 4 is 23.2 Å². The summed E-state index contributed by atoms with van der Waals surface area (Å²) in [5.41, 5.74) is 1.06. The van der Waals surface area contributed by atoms with Gasteiger partial charge in [-0.3, -0.25) is 9.59 Å². The van der Waals surface area contributed by atoms with Crippen molar-refractivity contribution in [1.29, 1.82) is 0 Å². The van der Waals surface area contributed by atoms with Gasteiger partial charge in [0.1, 0.15) is 18.2 Å². The predicted molar refractivity (Wildman–Crippen MR) is 116 cm³/mol. The zero-order valence-electron chi connectivity index (χ0n) is 17.6. The SMILES string of the molecule is CC(=O)N(CC(=O)N1CCc2sccc2[C@H]1COc1cccc(F)c1)C[C@H]1CCCO1. The van der Waals surface area contributed by atoms with E-state index in [-0.39, 0.29) is 42.9 Å². The zero-order chi connectivity index (χ0) is 21.8. The molecule has 2 aliphatic rings. The molecule has 0 saturated carbocycles. The quantitative estimate of drug-likeness (QED) is 0.654. The van der Waals surface area contributed by atoms with Crippen LogP contribution >= 0.6 is 11.3 Å². The first kappa shape index (κ1) is 21.8. The molecule has 1 aromatic carbocycles. The summed E-state index contributed by atoms with van der Waals surface area (Å²) in [6, 6.07) is 7.75. The van der Waals surface area contributed by atoms with Crippen LogP contribution in [0.4, 0.5) is 4.39 Å². The van der Waals surface area contributed by atoms with Gasteiger partial charge in [0.25, 0.3) is 0 Å². The fourth-order valence-electron chi connectivity index (χ4n) is 4.20. The number of thiophene rings is 1. The van der Waals surface area contributed by atoms with Crippen LogP contribution < -0.4 is 4.74 Å². The van der Waals surface area contributed by atoms with E-state index in [9.17, 15) is 14.0 Å². The Labute approximate surface area is 185 Å². The summed E-state index contributed by atoms with van der Waals surface area (Å²) in [6.45, 7) is 3.44. The number of fused-ring (bicyclic) bond motifs is 1. The molecule has 2 aliphatic heterocycles. The van der Waals surface area contributed by atoms with E-state index in [1.807, 2.05) is 11.4 Å². The van der Waals surface area contributed by atoms with Gasteiger partial charge >= 0.3 is 0 Å². The van der Waals surface area contributed by atoms with Gasteiger partial charge in [0, 0.05) is 37.6 Å². The minimum atomic E-state index is -0.364. The van der Waals surface area contributed by atoms with Crippen LogP contribution in [-0.4, -0.2) is 60.6 Å². The molecular formula is C23H27FN2O4S. The van der Waals surface area contributed by atoms with E-state index in [0.717, 1.165) is 24.8 Å². The maximum atomic E-state index is 13.5. The summed E-state index contributed by atoms with van der Waals surface area (Å²) in [7, 11) is 0. The van der Waals surface area contributed by atoms with Crippen LogP contribution in [0.1, 0.15) is 36.2 Å². The zero-order valence-corrected chi connectivity index (χ0v) is 18.4. The molecule has 2 aromatic rings. The fraction of sp³-hybridized carbons (Fsp3) is 0.478. The molecule has 8 heteroatoms. The van der Waals surface area contributed by atoms with Crippen LogP contribution in [0.15, 0.2) is 35.7 Å². The molecule has 2 atom stereocenters. The molecule has 6 nitrogen and oxygen atoms in total. The van der Waals surface area contributed by atoms with Crippen LogP contribution in [0, 0.1) is 5.82 Å². The van der Waals surface area contributed by atoms with E-state index in [4.69, 9.17) is 9.47 Å². The number of carbonyl (C=O) groups is 2. The Morgan fingerprint density at radius 2 is 2.23 bits per heavy atom. The first-order chi connectivity index (χ1) is 15.0. The number of hydrogen-bond acceptors (Lipinski definition) is 5. The van der Waals surface area contributed by atoms with Gasteiger partial charge in [0.2, 0.25) is 11.8 Å². The summed E-state index contributed by atoms with van der Waals surface area (Å²) in [5.74, 6) is -0.183. The summed E-state index contributed by atoms with van der Waals surface area (Å²) in [4.78, 5) is 30.0. The Bertz CT molecular complexity index is 928. The van der Waals surface area contributed by atoms with Crippen LogP contribution in [0.3, 0.4) is 0 Å². The lowest BCUT2D eigenvalue weighted by molar-refractivity contribution is -0.142.